The Balaban J connectivity index is 1.79. The fraction of sp³-hybridized carbons (Fsp3) is 0.0667. The number of hydrogen-bond donors (Lipinski definition) is 1. The SMILES string of the molecule is Nn1c(SCc2cccc(Cl)c2)nnc1-c1cccc(Br)c1. The first kappa shape index (κ1) is 15.4. The van der Waals surface area contributed by atoms with E-state index in [1.165, 1.54) is 16.4 Å². The summed E-state index contributed by atoms with van der Waals surface area (Å²) >= 11 is 11.0. The van der Waals surface area contributed by atoms with Gasteiger partial charge in [-0.3, -0.25) is 0 Å². The summed E-state index contributed by atoms with van der Waals surface area (Å²) in [4.78, 5) is 0. The van der Waals surface area contributed by atoms with Crippen LogP contribution in [0.2, 0.25) is 5.02 Å². The molecule has 0 radical (unpaired) electrons. The predicted molar refractivity (Wildman–Crippen MR) is 94.3 cm³/mol. The molecule has 2 N–H and O–H groups in total. The van der Waals surface area contributed by atoms with Crippen molar-refractivity contribution in [2.24, 2.45) is 0 Å². The summed E-state index contributed by atoms with van der Waals surface area (Å²) in [5.41, 5.74) is 2.03. The third-order valence-electron chi connectivity index (χ3n) is 3.00. The van der Waals surface area contributed by atoms with Crippen LogP contribution in [0.3, 0.4) is 0 Å². The molecule has 0 amide bonds. The van der Waals surface area contributed by atoms with E-state index in [2.05, 4.69) is 26.1 Å². The van der Waals surface area contributed by atoms with Gasteiger partial charge in [0.1, 0.15) is 0 Å². The van der Waals surface area contributed by atoms with E-state index in [4.69, 9.17) is 17.4 Å². The van der Waals surface area contributed by atoms with Crippen LogP contribution in [0.5, 0.6) is 0 Å². The van der Waals surface area contributed by atoms with Gasteiger partial charge in [0.2, 0.25) is 5.16 Å². The quantitative estimate of drug-likeness (QED) is 0.526. The van der Waals surface area contributed by atoms with Gasteiger partial charge in [-0.1, -0.05) is 63.6 Å². The van der Waals surface area contributed by atoms with Gasteiger partial charge in [-0.15, -0.1) is 10.2 Å². The number of nitrogens with zero attached hydrogens (tertiary/aromatic N) is 3. The van der Waals surface area contributed by atoms with Crippen LogP contribution < -0.4 is 5.84 Å². The summed E-state index contributed by atoms with van der Waals surface area (Å²) in [6.45, 7) is 0. The van der Waals surface area contributed by atoms with Gasteiger partial charge in [-0.25, -0.2) is 4.68 Å². The number of nitrogens with two attached hydrogens (primary N) is 1. The maximum absolute atomic E-state index is 6.11. The lowest BCUT2D eigenvalue weighted by molar-refractivity contribution is 0.849. The Morgan fingerprint density at radius 2 is 1.95 bits per heavy atom. The highest BCUT2D eigenvalue weighted by Gasteiger charge is 2.12. The average Bonchev–Trinajstić information content (AvgIpc) is 2.86. The number of rotatable bonds is 4. The van der Waals surface area contributed by atoms with E-state index in [0.29, 0.717) is 11.0 Å². The molecule has 1 heterocycles. The van der Waals surface area contributed by atoms with Crippen LogP contribution in [0.25, 0.3) is 11.4 Å². The number of nitrogen functional groups attached to an aromatic ring is 1. The number of hydrogen-bond acceptors (Lipinski definition) is 4. The third-order valence-corrected chi connectivity index (χ3v) is 4.75. The molecular formula is C15H12BrClN4S. The summed E-state index contributed by atoms with van der Waals surface area (Å²) < 4.78 is 2.48. The second-order valence-corrected chi connectivity index (χ2v) is 6.90. The van der Waals surface area contributed by atoms with Crippen molar-refractivity contribution in [3.8, 4) is 11.4 Å². The number of halogens is 2. The van der Waals surface area contributed by atoms with Crippen LogP contribution in [0, 0.1) is 0 Å². The van der Waals surface area contributed by atoms with Crippen molar-refractivity contribution in [3.05, 3.63) is 63.6 Å². The van der Waals surface area contributed by atoms with Gasteiger partial charge in [0.05, 0.1) is 0 Å². The van der Waals surface area contributed by atoms with E-state index in [0.717, 1.165) is 26.4 Å². The average molecular weight is 396 g/mol. The van der Waals surface area contributed by atoms with Crippen LogP contribution in [-0.4, -0.2) is 14.9 Å². The maximum Gasteiger partial charge on any atom is 0.210 e. The number of thioether (sulfide) groups is 1. The molecule has 0 aliphatic heterocycles. The molecule has 7 heteroatoms. The molecule has 1 aromatic heterocycles. The van der Waals surface area contributed by atoms with Crippen LogP contribution in [0.1, 0.15) is 5.56 Å². The van der Waals surface area contributed by atoms with Gasteiger partial charge in [0.15, 0.2) is 5.82 Å². The Kier molecular flexibility index (Phi) is 4.71. The minimum absolute atomic E-state index is 0.634. The van der Waals surface area contributed by atoms with E-state index in [1.54, 1.807) is 0 Å². The van der Waals surface area contributed by atoms with Crippen molar-refractivity contribution in [1.82, 2.24) is 14.9 Å². The van der Waals surface area contributed by atoms with E-state index < -0.39 is 0 Å². The van der Waals surface area contributed by atoms with Crippen molar-refractivity contribution in [1.29, 1.82) is 0 Å². The molecule has 4 nitrogen and oxygen atoms in total. The summed E-state index contributed by atoms with van der Waals surface area (Å²) in [7, 11) is 0. The van der Waals surface area contributed by atoms with Crippen molar-refractivity contribution in [2.45, 2.75) is 10.9 Å². The van der Waals surface area contributed by atoms with Gasteiger partial charge in [0, 0.05) is 20.8 Å². The lowest BCUT2D eigenvalue weighted by atomic mass is 10.2. The summed E-state index contributed by atoms with van der Waals surface area (Å²) in [5.74, 6) is 7.47. The first-order chi connectivity index (χ1) is 10.6. The molecule has 0 aliphatic carbocycles. The van der Waals surface area contributed by atoms with Crippen LogP contribution in [-0.2, 0) is 5.75 Å². The topological polar surface area (TPSA) is 56.7 Å². The fourth-order valence-corrected chi connectivity index (χ4v) is 3.39. The normalized spacial score (nSPS) is 10.8. The second kappa shape index (κ2) is 6.73. The molecule has 0 atom stereocenters. The third kappa shape index (κ3) is 3.45. The summed E-state index contributed by atoms with van der Waals surface area (Å²) in [6.07, 6.45) is 0. The summed E-state index contributed by atoms with van der Waals surface area (Å²) in [5, 5.41) is 9.73. The molecular weight excluding hydrogens is 384 g/mol. The molecule has 0 bridgehead atoms. The lowest BCUT2D eigenvalue weighted by Crippen LogP contribution is -2.11. The highest BCUT2D eigenvalue weighted by atomic mass is 79.9. The van der Waals surface area contributed by atoms with Crippen LogP contribution in [0.4, 0.5) is 0 Å². The molecule has 3 rings (SSSR count). The number of benzene rings is 2. The molecule has 0 aliphatic rings. The molecule has 3 aromatic rings. The first-order valence-corrected chi connectivity index (χ1v) is 8.63. The van der Waals surface area contributed by atoms with Gasteiger partial charge in [0.25, 0.3) is 0 Å². The molecule has 0 unspecified atom stereocenters. The zero-order valence-corrected chi connectivity index (χ0v) is 14.6. The van der Waals surface area contributed by atoms with Gasteiger partial charge in [-0.2, -0.15) is 0 Å². The van der Waals surface area contributed by atoms with Crippen molar-refractivity contribution < 1.29 is 0 Å². The van der Waals surface area contributed by atoms with Gasteiger partial charge < -0.3 is 5.84 Å². The Hall–Kier alpha value is -1.50. The Bertz CT molecular complexity index is 806. The molecule has 112 valence electrons. The lowest BCUT2D eigenvalue weighted by Gasteiger charge is -2.04. The van der Waals surface area contributed by atoms with E-state index >= 15 is 0 Å². The van der Waals surface area contributed by atoms with Gasteiger partial charge in [-0.05, 0) is 29.8 Å². The molecule has 0 saturated heterocycles. The Labute approximate surface area is 145 Å². The zero-order chi connectivity index (χ0) is 15.5. The Morgan fingerprint density at radius 3 is 2.73 bits per heavy atom. The predicted octanol–water partition coefficient (Wildman–Crippen LogP) is 4.37. The minimum atomic E-state index is 0.634. The molecule has 0 saturated carbocycles. The highest BCUT2D eigenvalue weighted by molar-refractivity contribution is 9.10. The molecule has 2 aromatic carbocycles. The molecule has 0 fully saturated rings. The monoisotopic (exact) mass is 394 g/mol. The highest BCUT2D eigenvalue weighted by Crippen LogP contribution is 2.26. The number of aromatic nitrogens is 3. The Morgan fingerprint density at radius 1 is 1.14 bits per heavy atom. The van der Waals surface area contributed by atoms with Crippen molar-refractivity contribution in [2.75, 3.05) is 5.84 Å². The zero-order valence-electron chi connectivity index (χ0n) is 11.4. The van der Waals surface area contributed by atoms with Crippen molar-refractivity contribution in [3.63, 3.8) is 0 Å². The maximum atomic E-state index is 6.11. The smallest absolute Gasteiger partial charge is 0.210 e. The molecule has 22 heavy (non-hydrogen) atoms. The standard InChI is InChI=1S/C15H12BrClN4S/c16-12-5-2-4-11(8-12)14-19-20-15(21(14)18)22-9-10-3-1-6-13(17)7-10/h1-8H,9,18H2. The second-order valence-electron chi connectivity index (χ2n) is 4.61. The van der Waals surface area contributed by atoms with E-state index in [9.17, 15) is 0 Å². The van der Waals surface area contributed by atoms with E-state index in [1.807, 2.05) is 48.5 Å². The van der Waals surface area contributed by atoms with Crippen LogP contribution in [0.15, 0.2) is 58.2 Å². The first-order valence-electron chi connectivity index (χ1n) is 6.47. The largest absolute Gasteiger partial charge is 0.335 e. The van der Waals surface area contributed by atoms with Gasteiger partial charge >= 0.3 is 0 Å². The van der Waals surface area contributed by atoms with Crippen molar-refractivity contribution >= 4 is 39.3 Å². The summed E-state index contributed by atoms with van der Waals surface area (Å²) in [6, 6.07) is 15.5. The van der Waals surface area contributed by atoms with Crippen LogP contribution >= 0.6 is 39.3 Å². The van der Waals surface area contributed by atoms with E-state index in [-0.39, 0.29) is 0 Å². The minimum Gasteiger partial charge on any atom is -0.335 e. The fourth-order valence-electron chi connectivity index (χ4n) is 1.97. The molecule has 0 spiro atoms.